The van der Waals surface area contributed by atoms with Gasteiger partial charge in [-0.15, -0.1) is 0 Å². The van der Waals surface area contributed by atoms with Crippen LogP contribution in [0.25, 0.3) is 11.3 Å². The summed E-state index contributed by atoms with van der Waals surface area (Å²) in [5, 5.41) is 7.04. The van der Waals surface area contributed by atoms with Crippen molar-refractivity contribution >= 4 is 11.9 Å². The summed E-state index contributed by atoms with van der Waals surface area (Å²) in [6, 6.07) is 5.82. The van der Waals surface area contributed by atoms with E-state index in [1.807, 2.05) is 11.8 Å². The number of piperazine rings is 1. The lowest BCUT2D eigenvalue weighted by Gasteiger charge is -2.38. The molecule has 0 saturated carbocycles. The molecule has 8 heteroatoms. The first-order valence-corrected chi connectivity index (χ1v) is 8.37. The summed E-state index contributed by atoms with van der Waals surface area (Å²) in [6.45, 7) is 3.42. The first-order chi connectivity index (χ1) is 12.5. The smallest absolute Gasteiger partial charge is 0.325 e. The van der Waals surface area contributed by atoms with Gasteiger partial charge in [0.15, 0.2) is 0 Å². The van der Waals surface area contributed by atoms with Gasteiger partial charge in [0.25, 0.3) is 0 Å². The van der Waals surface area contributed by atoms with Crippen LogP contribution in [0.2, 0.25) is 0 Å². The van der Waals surface area contributed by atoms with Crippen LogP contribution in [0, 0.1) is 5.82 Å². The van der Waals surface area contributed by atoms with Crippen LogP contribution in [0.15, 0.2) is 30.5 Å². The van der Waals surface area contributed by atoms with Crippen molar-refractivity contribution in [1.82, 2.24) is 20.0 Å². The lowest BCUT2D eigenvalue weighted by atomic mass is 10.1. The number of hydrogen-bond acceptors (Lipinski definition) is 5. The van der Waals surface area contributed by atoms with Crippen molar-refractivity contribution < 1.29 is 18.7 Å². The Morgan fingerprint density at radius 1 is 1.35 bits per heavy atom. The largest absolute Gasteiger partial charge is 0.468 e. The quantitative estimate of drug-likeness (QED) is 0.816. The molecule has 0 unspecified atom stereocenters. The summed E-state index contributed by atoms with van der Waals surface area (Å²) in [5.74, 6) is -0.823. The summed E-state index contributed by atoms with van der Waals surface area (Å²) in [7, 11) is 1.31. The maximum absolute atomic E-state index is 13.1. The normalized spacial score (nSPS) is 18.2. The first-order valence-electron chi connectivity index (χ1n) is 8.37. The molecule has 1 aromatic carbocycles. The van der Waals surface area contributed by atoms with Gasteiger partial charge in [-0.25, -0.2) is 4.39 Å². The van der Waals surface area contributed by atoms with Crippen LogP contribution < -0.4 is 0 Å². The Hall–Kier alpha value is -2.74. The molecule has 138 valence electrons. The number of hydrogen-bond donors (Lipinski definition) is 1. The Morgan fingerprint density at radius 3 is 2.77 bits per heavy atom. The molecular formula is C18H21FN4O3. The minimum absolute atomic E-state index is 0.0277. The third-order valence-electron chi connectivity index (χ3n) is 4.65. The molecule has 7 nitrogen and oxygen atoms in total. The predicted molar refractivity (Wildman–Crippen MR) is 92.4 cm³/mol. The molecule has 1 amide bonds. The minimum Gasteiger partial charge on any atom is -0.468 e. The second kappa shape index (κ2) is 7.65. The summed E-state index contributed by atoms with van der Waals surface area (Å²) in [5.41, 5.74) is 2.57. The zero-order valence-corrected chi connectivity index (χ0v) is 14.7. The Labute approximate surface area is 150 Å². The zero-order chi connectivity index (χ0) is 18.7. The van der Waals surface area contributed by atoms with E-state index in [0.717, 1.165) is 16.8 Å². The minimum atomic E-state index is -0.424. The number of methoxy groups -OCH3 is 1. The van der Waals surface area contributed by atoms with Gasteiger partial charge >= 0.3 is 5.97 Å². The van der Waals surface area contributed by atoms with Crippen molar-refractivity contribution in [1.29, 1.82) is 0 Å². The van der Waals surface area contributed by atoms with Crippen molar-refractivity contribution in [3.05, 3.63) is 41.8 Å². The SMILES string of the molecule is COC(=O)CN1CCN(Cc2cn[nH]c2-c2ccc(F)cc2)[C@H](C)C1=O. The van der Waals surface area contributed by atoms with Crippen LogP contribution in [0.5, 0.6) is 0 Å². The van der Waals surface area contributed by atoms with Crippen molar-refractivity contribution in [3.63, 3.8) is 0 Å². The number of benzene rings is 1. The van der Waals surface area contributed by atoms with Crippen LogP contribution in [-0.2, 0) is 20.9 Å². The maximum atomic E-state index is 13.1. The monoisotopic (exact) mass is 360 g/mol. The van der Waals surface area contributed by atoms with Crippen LogP contribution in [-0.4, -0.2) is 64.7 Å². The molecular weight excluding hydrogens is 339 g/mol. The highest BCUT2D eigenvalue weighted by Gasteiger charge is 2.33. The number of carbonyl (C=O) groups is 2. The van der Waals surface area contributed by atoms with Crippen LogP contribution in [0.3, 0.4) is 0 Å². The molecule has 1 fully saturated rings. The van der Waals surface area contributed by atoms with E-state index in [0.29, 0.717) is 19.6 Å². The molecule has 0 bridgehead atoms. The van der Waals surface area contributed by atoms with E-state index in [-0.39, 0.29) is 24.3 Å². The van der Waals surface area contributed by atoms with E-state index in [1.165, 1.54) is 24.1 Å². The number of aromatic nitrogens is 2. The van der Waals surface area contributed by atoms with Crippen molar-refractivity contribution in [2.24, 2.45) is 0 Å². The molecule has 2 heterocycles. The fourth-order valence-corrected chi connectivity index (χ4v) is 3.08. The van der Waals surface area contributed by atoms with Gasteiger partial charge in [-0.05, 0) is 31.2 Å². The van der Waals surface area contributed by atoms with E-state index >= 15 is 0 Å². The second-order valence-electron chi connectivity index (χ2n) is 6.26. The lowest BCUT2D eigenvalue weighted by molar-refractivity contribution is -0.151. The topological polar surface area (TPSA) is 78.5 Å². The van der Waals surface area contributed by atoms with Gasteiger partial charge in [0, 0.05) is 30.8 Å². The average molecular weight is 360 g/mol. The Kier molecular flexibility index (Phi) is 5.32. The summed E-state index contributed by atoms with van der Waals surface area (Å²) < 4.78 is 17.8. The van der Waals surface area contributed by atoms with Gasteiger partial charge in [-0.2, -0.15) is 5.10 Å². The number of nitrogens with one attached hydrogen (secondary N) is 1. The first kappa shape index (κ1) is 18.1. The van der Waals surface area contributed by atoms with Crippen molar-refractivity contribution in [2.75, 3.05) is 26.7 Å². The molecule has 1 aliphatic rings. The molecule has 0 spiro atoms. The highest BCUT2D eigenvalue weighted by molar-refractivity contribution is 5.86. The third kappa shape index (κ3) is 3.75. The summed E-state index contributed by atoms with van der Waals surface area (Å²) in [6.07, 6.45) is 1.72. The number of carbonyl (C=O) groups excluding carboxylic acids is 2. The molecule has 26 heavy (non-hydrogen) atoms. The third-order valence-corrected chi connectivity index (χ3v) is 4.65. The van der Waals surface area contributed by atoms with Gasteiger partial charge in [-0.1, -0.05) is 0 Å². The Morgan fingerprint density at radius 2 is 2.08 bits per heavy atom. The van der Waals surface area contributed by atoms with E-state index in [2.05, 4.69) is 14.9 Å². The highest BCUT2D eigenvalue weighted by atomic mass is 19.1. The average Bonchev–Trinajstić information content (AvgIpc) is 3.10. The van der Waals surface area contributed by atoms with E-state index in [9.17, 15) is 14.0 Å². The van der Waals surface area contributed by atoms with Crippen molar-refractivity contribution in [3.8, 4) is 11.3 Å². The summed E-state index contributed by atoms with van der Waals surface area (Å²) in [4.78, 5) is 27.5. The Balaban J connectivity index is 1.71. The summed E-state index contributed by atoms with van der Waals surface area (Å²) >= 11 is 0. The van der Waals surface area contributed by atoms with E-state index < -0.39 is 5.97 Å². The van der Waals surface area contributed by atoms with Crippen LogP contribution in [0.4, 0.5) is 4.39 Å². The molecule has 1 atom stereocenters. The Bertz CT molecular complexity index is 790. The number of ether oxygens (including phenoxy) is 1. The molecule has 3 rings (SSSR count). The molecule has 1 N–H and O–H groups in total. The highest BCUT2D eigenvalue weighted by Crippen LogP contribution is 2.24. The molecule has 1 aromatic heterocycles. The van der Waals surface area contributed by atoms with Gasteiger partial charge in [-0.3, -0.25) is 19.6 Å². The fraction of sp³-hybridized carbons (Fsp3) is 0.389. The molecule has 2 aromatic rings. The van der Waals surface area contributed by atoms with Gasteiger partial charge in [0.1, 0.15) is 12.4 Å². The van der Waals surface area contributed by atoms with Gasteiger partial charge in [0.05, 0.1) is 25.0 Å². The molecule has 1 aliphatic heterocycles. The number of halogens is 1. The number of aromatic amines is 1. The van der Waals surface area contributed by atoms with Crippen LogP contribution in [0.1, 0.15) is 12.5 Å². The van der Waals surface area contributed by atoms with Crippen LogP contribution >= 0.6 is 0 Å². The number of H-pyrrole nitrogens is 1. The molecule has 0 aliphatic carbocycles. The number of rotatable bonds is 5. The van der Waals surface area contributed by atoms with Crippen molar-refractivity contribution in [2.45, 2.75) is 19.5 Å². The number of nitrogens with zero attached hydrogens (tertiary/aromatic N) is 3. The standard InChI is InChI=1S/C18H21FN4O3/c1-12-18(25)23(11-16(24)26-2)8-7-22(12)10-14-9-20-21-17(14)13-3-5-15(19)6-4-13/h3-6,9,12H,7-8,10-11H2,1-2H3,(H,20,21)/t12-/m1/s1. The number of amides is 1. The predicted octanol–water partition coefficient (Wildman–Crippen LogP) is 1.42. The zero-order valence-electron chi connectivity index (χ0n) is 14.7. The molecule has 1 saturated heterocycles. The van der Waals surface area contributed by atoms with Gasteiger partial charge in [0.2, 0.25) is 5.91 Å². The molecule has 0 radical (unpaired) electrons. The fourth-order valence-electron chi connectivity index (χ4n) is 3.08. The van der Waals surface area contributed by atoms with E-state index in [4.69, 9.17) is 0 Å². The van der Waals surface area contributed by atoms with Gasteiger partial charge < -0.3 is 9.64 Å². The second-order valence-corrected chi connectivity index (χ2v) is 6.26. The lowest BCUT2D eigenvalue weighted by Crippen LogP contribution is -2.56. The maximum Gasteiger partial charge on any atom is 0.325 e. The van der Waals surface area contributed by atoms with E-state index in [1.54, 1.807) is 18.3 Å². The number of esters is 1.